The van der Waals surface area contributed by atoms with Gasteiger partial charge in [0.25, 0.3) is 0 Å². The topological polar surface area (TPSA) is 51.5 Å². The third-order valence-electron chi connectivity index (χ3n) is 4.66. The highest BCUT2D eigenvalue weighted by Gasteiger charge is 2.21. The van der Waals surface area contributed by atoms with Gasteiger partial charge in [-0.1, -0.05) is 6.07 Å². The molecule has 2 aromatic carbocycles. The Labute approximate surface area is 189 Å². The molecule has 7 heteroatoms. The zero-order chi connectivity index (χ0) is 21.7. The molecular weight excluding hydrogens is 412 g/mol. The van der Waals surface area contributed by atoms with E-state index in [2.05, 4.69) is 54.4 Å². The molecule has 0 unspecified atom stereocenters. The number of ether oxygens (including phenoxy) is 1. The zero-order valence-corrected chi connectivity index (χ0v) is 19.6. The summed E-state index contributed by atoms with van der Waals surface area (Å²) in [5.41, 5.74) is 2.95. The van der Waals surface area contributed by atoms with Gasteiger partial charge in [0, 0.05) is 32.2 Å². The first-order valence-electron chi connectivity index (χ1n) is 10.1. The first-order chi connectivity index (χ1) is 14.3. The lowest BCUT2D eigenvalue weighted by molar-refractivity contribution is 0.278. The quantitative estimate of drug-likeness (QED) is 0.525. The summed E-state index contributed by atoms with van der Waals surface area (Å²) in [6.45, 7) is 11.8. The third-order valence-corrected chi connectivity index (χ3v) is 6.18. The summed E-state index contributed by atoms with van der Waals surface area (Å²) in [6.07, 6.45) is 0. The normalized spacial score (nSPS) is 14.5. The molecule has 5 nitrogen and oxygen atoms in total. The van der Waals surface area contributed by atoms with Crippen LogP contribution in [0.1, 0.15) is 30.5 Å². The molecule has 1 aliphatic rings. The Hall–Kier alpha value is -2.27. The van der Waals surface area contributed by atoms with Gasteiger partial charge < -0.3 is 15.0 Å². The van der Waals surface area contributed by atoms with Crippen molar-refractivity contribution in [2.45, 2.75) is 38.6 Å². The second-order valence-electron chi connectivity index (χ2n) is 7.81. The van der Waals surface area contributed by atoms with Gasteiger partial charge in [0.05, 0.1) is 16.5 Å². The molecule has 0 aliphatic carbocycles. The second kappa shape index (κ2) is 10.2. The van der Waals surface area contributed by atoms with Crippen LogP contribution in [0.15, 0.2) is 41.3 Å². The van der Waals surface area contributed by atoms with E-state index < -0.39 is 0 Å². The molecule has 1 saturated heterocycles. The van der Waals surface area contributed by atoms with Gasteiger partial charge in [0.2, 0.25) is 0 Å². The number of nitrogens with one attached hydrogen (secondary N) is 1. The van der Waals surface area contributed by atoms with Crippen molar-refractivity contribution >= 4 is 29.3 Å². The van der Waals surface area contributed by atoms with Crippen LogP contribution >= 0.6 is 24.2 Å². The lowest BCUT2D eigenvalue weighted by Gasteiger charge is -2.36. The number of hydrogen-bond donors (Lipinski definition) is 1. The monoisotopic (exact) mass is 440 g/mol. The van der Waals surface area contributed by atoms with E-state index >= 15 is 0 Å². The SMILES string of the molecule is Cc1cc(C)cc(Oc2ccc(C#N)cc2SN2CCN(C(=S)NC(C)C)CC2)c1. The Morgan fingerprint density at radius 3 is 2.37 bits per heavy atom. The van der Waals surface area contributed by atoms with Crippen molar-refractivity contribution in [3.63, 3.8) is 0 Å². The Balaban J connectivity index is 1.71. The fourth-order valence-electron chi connectivity index (χ4n) is 3.31. The van der Waals surface area contributed by atoms with Crippen LogP contribution in [0, 0.1) is 25.2 Å². The van der Waals surface area contributed by atoms with Crippen LogP contribution in [-0.4, -0.2) is 46.5 Å². The van der Waals surface area contributed by atoms with Crippen molar-refractivity contribution < 1.29 is 4.74 Å². The van der Waals surface area contributed by atoms with Gasteiger partial charge >= 0.3 is 0 Å². The highest BCUT2D eigenvalue weighted by Crippen LogP contribution is 2.36. The molecule has 0 bridgehead atoms. The van der Waals surface area contributed by atoms with Crippen LogP contribution in [0.5, 0.6) is 11.5 Å². The van der Waals surface area contributed by atoms with E-state index in [0.29, 0.717) is 11.6 Å². The Bertz CT molecular complexity index is 926. The average molecular weight is 441 g/mol. The maximum atomic E-state index is 9.35. The molecule has 1 fully saturated rings. The predicted octanol–water partition coefficient (Wildman–Crippen LogP) is 4.88. The summed E-state index contributed by atoms with van der Waals surface area (Å²) in [5.74, 6) is 1.58. The van der Waals surface area contributed by atoms with Gasteiger partial charge in [0.1, 0.15) is 11.5 Å². The van der Waals surface area contributed by atoms with Crippen molar-refractivity contribution in [1.82, 2.24) is 14.5 Å². The van der Waals surface area contributed by atoms with Gasteiger partial charge in [-0.2, -0.15) is 5.26 Å². The van der Waals surface area contributed by atoms with Crippen LogP contribution in [0.2, 0.25) is 0 Å². The van der Waals surface area contributed by atoms with Crippen molar-refractivity contribution in [2.75, 3.05) is 26.2 Å². The largest absolute Gasteiger partial charge is 0.456 e. The molecule has 158 valence electrons. The van der Waals surface area contributed by atoms with Crippen molar-refractivity contribution in [1.29, 1.82) is 5.26 Å². The summed E-state index contributed by atoms with van der Waals surface area (Å²) in [6, 6.07) is 14.3. The summed E-state index contributed by atoms with van der Waals surface area (Å²) >= 11 is 7.14. The van der Waals surface area contributed by atoms with Gasteiger partial charge in [-0.3, -0.25) is 0 Å². The lowest BCUT2D eigenvalue weighted by atomic mass is 10.1. The van der Waals surface area contributed by atoms with E-state index in [1.54, 1.807) is 18.0 Å². The van der Waals surface area contributed by atoms with Crippen LogP contribution in [0.3, 0.4) is 0 Å². The van der Waals surface area contributed by atoms with E-state index in [0.717, 1.165) is 58.8 Å². The second-order valence-corrected chi connectivity index (χ2v) is 9.34. The number of piperazine rings is 1. The minimum absolute atomic E-state index is 0.337. The number of rotatable bonds is 5. The molecule has 0 radical (unpaired) electrons. The standard InChI is InChI=1S/C23H28N4OS2/c1-16(2)25-23(29)26-7-9-27(10-8-26)30-22-14-19(15-24)5-6-21(22)28-20-12-17(3)11-18(4)13-20/h5-6,11-14,16H,7-10H2,1-4H3,(H,25,29). The van der Waals surface area contributed by atoms with Crippen LogP contribution in [-0.2, 0) is 0 Å². The first kappa shape index (κ1) is 22.4. The maximum Gasteiger partial charge on any atom is 0.169 e. The number of aryl methyl sites for hydroxylation is 2. The molecule has 1 aliphatic heterocycles. The maximum absolute atomic E-state index is 9.35. The van der Waals surface area contributed by atoms with E-state index in [9.17, 15) is 5.26 Å². The molecule has 30 heavy (non-hydrogen) atoms. The number of nitriles is 1. The van der Waals surface area contributed by atoms with Gasteiger partial charge in [-0.25, -0.2) is 4.31 Å². The van der Waals surface area contributed by atoms with Crippen LogP contribution < -0.4 is 10.1 Å². The number of nitrogens with zero attached hydrogens (tertiary/aromatic N) is 3. The zero-order valence-electron chi connectivity index (χ0n) is 17.9. The third kappa shape index (κ3) is 6.11. The number of hydrogen-bond acceptors (Lipinski definition) is 5. The Morgan fingerprint density at radius 2 is 1.77 bits per heavy atom. The summed E-state index contributed by atoms with van der Waals surface area (Å²) in [5, 5.41) is 13.5. The van der Waals surface area contributed by atoms with E-state index in [1.165, 1.54) is 0 Å². The molecule has 0 amide bonds. The summed E-state index contributed by atoms with van der Waals surface area (Å²) < 4.78 is 8.52. The van der Waals surface area contributed by atoms with Gasteiger partial charge in [-0.15, -0.1) is 0 Å². The Morgan fingerprint density at radius 1 is 1.10 bits per heavy atom. The summed E-state index contributed by atoms with van der Waals surface area (Å²) in [4.78, 5) is 3.16. The molecule has 0 aromatic heterocycles. The van der Waals surface area contributed by atoms with E-state index in [-0.39, 0.29) is 0 Å². The number of benzene rings is 2. The van der Waals surface area contributed by atoms with Gasteiger partial charge in [0.15, 0.2) is 5.11 Å². The fraction of sp³-hybridized carbons (Fsp3) is 0.391. The first-order valence-corrected chi connectivity index (χ1v) is 11.3. The Kier molecular flexibility index (Phi) is 7.59. The average Bonchev–Trinajstić information content (AvgIpc) is 2.68. The van der Waals surface area contributed by atoms with E-state index in [4.69, 9.17) is 17.0 Å². The van der Waals surface area contributed by atoms with Gasteiger partial charge in [-0.05, 0) is 93.3 Å². The molecule has 0 spiro atoms. The van der Waals surface area contributed by atoms with E-state index in [1.807, 2.05) is 24.3 Å². The minimum Gasteiger partial charge on any atom is -0.456 e. The van der Waals surface area contributed by atoms with Crippen molar-refractivity contribution in [2.24, 2.45) is 0 Å². The molecule has 0 atom stereocenters. The molecule has 3 rings (SSSR count). The van der Waals surface area contributed by atoms with Crippen LogP contribution in [0.25, 0.3) is 0 Å². The number of thiocarbonyl (C=S) groups is 1. The van der Waals surface area contributed by atoms with Crippen LogP contribution in [0.4, 0.5) is 0 Å². The molecule has 1 heterocycles. The minimum atomic E-state index is 0.337. The predicted molar refractivity (Wildman–Crippen MR) is 127 cm³/mol. The fourth-order valence-corrected chi connectivity index (χ4v) is 4.73. The molecule has 1 N–H and O–H groups in total. The molecule has 0 saturated carbocycles. The van der Waals surface area contributed by atoms with Crippen molar-refractivity contribution in [3.8, 4) is 17.6 Å². The molecular formula is C23H28N4OS2. The van der Waals surface area contributed by atoms with Crippen molar-refractivity contribution in [3.05, 3.63) is 53.1 Å². The smallest absolute Gasteiger partial charge is 0.169 e. The summed E-state index contributed by atoms with van der Waals surface area (Å²) in [7, 11) is 0. The highest BCUT2D eigenvalue weighted by atomic mass is 32.2. The lowest BCUT2D eigenvalue weighted by Crippen LogP contribution is -2.51. The molecule has 2 aromatic rings. The highest BCUT2D eigenvalue weighted by molar-refractivity contribution is 7.97.